The van der Waals surface area contributed by atoms with Gasteiger partial charge in [-0.3, -0.25) is 4.68 Å². The Balaban J connectivity index is 2.27. The molecule has 3 nitrogen and oxygen atoms in total. The minimum Gasteiger partial charge on any atom is -0.326 e. The maximum atomic E-state index is 6.29. The van der Waals surface area contributed by atoms with E-state index in [1.807, 2.05) is 0 Å². The molecule has 1 aliphatic carbocycles. The maximum Gasteiger partial charge on any atom is 0.0675 e. The van der Waals surface area contributed by atoms with Gasteiger partial charge in [-0.25, -0.2) is 0 Å². The van der Waals surface area contributed by atoms with Gasteiger partial charge in [0.2, 0.25) is 0 Å². The summed E-state index contributed by atoms with van der Waals surface area (Å²) < 4.78 is 2.22. The lowest BCUT2D eigenvalue weighted by molar-refractivity contribution is 0.228. The minimum absolute atomic E-state index is 0.279. The van der Waals surface area contributed by atoms with E-state index in [2.05, 4.69) is 31.5 Å². The highest BCUT2D eigenvalue weighted by Crippen LogP contribution is 2.32. The van der Waals surface area contributed by atoms with Crippen LogP contribution in [-0.2, 0) is 12.8 Å². The van der Waals surface area contributed by atoms with Crippen LogP contribution in [0.25, 0.3) is 0 Å². The van der Waals surface area contributed by atoms with E-state index in [0.29, 0.717) is 6.04 Å². The van der Waals surface area contributed by atoms with Crippen LogP contribution in [-0.4, -0.2) is 15.8 Å². The number of aromatic nitrogens is 2. The molecule has 3 heteroatoms. The summed E-state index contributed by atoms with van der Waals surface area (Å²) in [7, 11) is 0. The molecule has 2 rings (SSSR count). The van der Waals surface area contributed by atoms with Crippen LogP contribution in [0.5, 0.6) is 0 Å². The van der Waals surface area contributed by atoms with E-state index in [-0.39, 0.29) is 6.04 Å². The van der Waals surface area contributed by atoms with Crippen molar-refractivity contribution >= 4 is 0 Å². The Kier molecular flexibility index (Phi) is 3.87. The average molecular weight is 235 g/mol. The third-order valence-corrected chi connectivity index (χ3v) is 4.03. The number of nitrogens with zero attached hydrogens (tertiary/aromatic N) is 2. The second-order valence-corrected chi connectivity index (χ2v) is 5.43. The summed E-state index contributed by atoms with van der Waals surface area (Å²) in [5.41, 5.74) is 8.83. The fourth-order valence-corrected chi connectivity index (χ4v) is 2.87. The Labute approximate surface area is 104 Å². The molecule has 3 unspecified atom stereocenters. The van der Waals surface area contributed by atoms with Crippen molar-refractivity contribution in [2.45, 2.75) is 65.0 Å². The molecule has 1 aliphatic rings. The van der Waals surface area contributed by atoms with Crippen molar-refractivity contribution in [1.29, 1.82) is 0 Å². The van der Waals surface area contributed by atoms with Crippen molar-refractivity contribution < 1.29 is 0 Å². The summed E-state index contributed by atoms with van der Waals surface area (Å²) >= 11 is 0. The Morgan fingerprint density at radius 2 is 2.12 bits per heavy atom. The first-order valence-corrected chi connectivity index (χ1v) is 6.98. The summed E-state index contributed by atoms with van der Waals surface area (Å²) in [4.78, 5) is 0. The number of aryl methyl sites for hydroxylation is 2. The number of hydrogen-bond acceptors (Lipinski definition) is 2. The second kappa shape index (κ2) is 5.21. The molecular formula is C14H25N3. The van der Waals surface area contributed by atoms with Crippen LogP contribution >= 0.6 is 0 Å². The van der Waals surface area contributed by atoms with Crippen molar-refractivity contribution in [3.05, 3.63) is 17.5 Å². The highest BCUT2D eigenvalue weighted by Gasteiger charge is 2.29. The summed E-state index contributed by atoms with van der Waals surface area (Å²) in [6, 6.07) is 2.93. The van der Waals surface area contributed by atoms with E-state index in [0.717, 1.165) is 25.2 Å². The maximum absolute atomic E-state index is 6.29. The zero-order valence-corrected chi connectivity index (χ0v) is 11.3. The van der Waals surface area contributed by atoms with Gasteiger partial charge in [-0.2, -0.15) is 5.10 Å². The van der Waals surface area contributed by atoms with Crippen LogP contribution in [0.3, 0.4) is 0 Å². The predicted molar refractivity (Wildman–Crippen MR) is 71.0 cm³/mol. The van der Waals surface area contributed by atoms with Crippen molar-refractivity contribution in [2.75, 3.05) is 0 Å². The topological polar surface area (TPSA) is 43.8 Å². The molecule has 0 amide bonds. The first-order valence-electron chi connectivity index (χ1n) is 6.98. The lowest BCUT2D eigenvalue weighted by atomic mass is 9.84. The summed E-state index contributed by atoms with van der Waals surface area (Å²) in [6.07, 6.45) is 5.64. The standard InChI is InChI=1S/C14H25N3/c1-4-11-9-12(5-2)17(16-11)14-8-10(3)6-7-13(14)15/h9-10,13-14H,4-8,15H2,1-3H3. The van der Waals surface area contributed by atoms with Crippen LogP contribution in [0, 0.1) is 5.92 Å². The van der Waals surface area contributed by atoms with Crippen LogP contribution in [0.1, 0.15) is 57.5 Å². The van der Waals surface area contributed by atoms with E-state index in [4.69, 9.17) is 10.8 Å². The van der Waals surface area contributed by atoms with Gasteiger partial charge in [-0.15, -0.1) is 0 Å². The molecule has 3 atom stereocenters. The molecule has 0 bridgehead atoms. The quantitative estimate of drug-likeness (QED) is 0.875. The van der Waals surface area contributed by atoms with E-state index in [1.165, 1.54) is 24.2 Å². The molecule has 0 spiro atoms. The van der Waals surface area contributed by atoms with Crippen LogP contribution < -0.4 is 5.73 Å². The molecule has 1 saturated carbocycles. The SMILES string of the molecule is CCc1cc(CC)n(C2CC(C)CCC2N)n1. The molecule has 17 heavy (non-hydrogen) atoms. The number of rotatable bonds is 3. The van der Waals surface area contributed by atoms with Gasteiger partial charge in [0.25, 0.3) is 0 Å². The second-order valence-electron chi connectivity index (χ2n) is 5.43. The monoisotopic (exact) mass is 235 g/mol. The molecule has 0 aromatic carbocycles. The van der Waals surface area contributed by atoms with E-state index in [1.54, 1.807) is 0 Å². The Hall–Kier alpha value is -0.830. The van der Waals surface area contributed by atoms with E-state index < -0.39 is 0 Å². The summed E-state index contributed by atoms with van der Waals surface area (Å²) in [5.74, 6) is 0.777. The lowest BCUT2D eigenvalue weighted by Crippen LogP contribution is -2.38. The van der Waals surface area contributed by atoms with Crippen molar-refractivity contribution in [1.82, 2.24) is 9.78 Å². The Morgan fingerprint density at radius 1 is 1.35 bits per heavy atom. The number of hydrogen-bond donors (Lipinski definition) is 1. The molecule has 1 aromatic rings. The van der Waals surface area contributed by atoms with Gasteiger partial charge in [0.1, 0.15) is 0 Å². The molecule has 0 aliphatic heterocycles. The van der Waals surface area contributed by atoms with Crippen LogP contribution in [0.2, 0.25) is 0 Å². The predicted octanol–water partition coefficient (Wildman–Crippen LogP) is 2.70. The first-order chi connectivity index (χ1) is 8.15. The van der Waals surface area contributed by atoms with Gasteiger partial charge < -0.3 is 5.73 Å². The zero-order chi connectivity index (χ0) is 12.4. The number of nitrogens with two attached hydrogens (primary N) is 1. The van der Waals surface area contributed by atoms with Crippen LogP contribution in [0.4, 0.5) is 0 Å². The van der Waals surface area contributed by atoms with Gasteiger partial charge in [-0.05, 0) is 44.1 Å². The fraction of sp³-hybridized carbons (Fsp3) is 0.786. The van der Waals surface area contributed by atoms with Crippen molar-refractivity contribution in [3.8, 4) is 0 Å². The van der Waals surface area contributed by atoms with Gasteiger partial charge in [0, 0.05) is 11.7 Å². The van der Waals surface area contributed by atoms with E-state index >= 15 is 0 Å². The summed E-state index contributed by atoms with van der Waals surface area (Å²) in [5, 5.41) is 4.74. The van der Waals surface area contributed by atoms with Gasteiger partial charge >= 0.3 is 0 Å². The van der Waals surface area contributed by atoms with Gasteiger partial charge in [0.15, 0.2) is 0 Å². The molecule has 1 fully saturated rings. The largest absolute Gasteiger partial charge is 0.326 e. The smallest absolute Gasteiger partial charge is 0.0675 e. The van der Waals surface area contributed by atoms with E-state index in [9.17, 15) is 0 Å². The highest BCUT2D eigenvalue weighted by atomic mass is 15.3. The third-order valence-electron chi connectivity index (χ3n) is 4.03. The summed E-state index contributed by atoms with van der Waals surface area (Å²) in [6.45, 7) is 6.69. The molecule has 1 aromatic heterocycles. The van der Waals surface area contributed by atoms with Gasteiger partial charge in [-0.1, -0.05) is 20.8 Å². The van der Waals surface area contributed by atoms with Gasteiger partial charge in [0.05, 0.1) is 11.7 Å². The fourth-order valence-electron chi connectivity index (χ4n) is 2.87. The molecule has 1 heterocycles. The Bertz CT molecular complexity index is 370. The first kappa shape index (κ1) is 12.6. The lowest BCUT2D eigenvalue weighted by Gasteiger charge is -2.33. The Morgan fingerprint density at radius 3 is 2.76 bits per heavy atom. The third kappa shape index (κ3) is 2.54. The average Bonchev–Trinajstić information content (AvgIpc) is 2.75. The van der Waals surface area contributed by atoms with Crippen molar-refractivity contribution in [3.63, 3.8) is 0 Å². The molecule has 96 valence electrons. The van der Waals surface area contributed by atoms with Crippen molar-refractivity contribution in [2.24, 2.45) is 11.7 Å². The highest BCUT2D eigenvalue weighted by molar-refractivity contribution is 5.12. The molecular weight excluding hydrogens is 210 g/mol. The molecule has 0 saturated heterocycles. The minimum atomic E-state index is 0.279. The van der Waals surface area contributed by atoms with Crippen LogP contribution in [0.15, 0.2) is 6.07 Å². The molecule has 2 N–H and O–H groups in total. The zero-order valence-electron chi connectivity index (χ0n) is 11.3. The molecule has 0 radical (unpaired) electrons. The normalized spacial score (nSPS) is 29.5.